The summed E-state index contributed by atoms with van der Waals surface area (Å²) >= 11 is 5.98. The molecule has 1 heterocycles. The third-order valence-electron chi connectivity index (χ3n) is 7.18. The van der Waals surface area contributed by atoms with Crippen molar-refractivity contribution in [1.29, 1.82) is 0 Å². The third kappa shape index (κ3) is 3.92. The Hall–Kier alpha value is -1.94. The molecule has 4 fully saturated rings. The summed E-state index contributed by atoms with van der Waals surface area (Å²) in [5.41, 5.74) is 1.30. The molecular formula is C24H28ClNO3. The van der Waals surface area contributed by atoms with Crippen LogP contribution in [0, 0.1) is 30.1 Å². The fraction of sp³-hybridized carbons (Fsp3) is 0.542. The Morgan fingerprint density at radius 3 is 2.48 bits per heavy atom. The molecule has 4 bridgehead atoms. The van der Waals surface area contributed by atoms with Crippen molar-refractivity contribution in [2.24, 2.45) is 23.2 Å². The predicted octanol–water partition coefficient (Wildman–Crippen LogP) is 5.77. The van der Waals surface area contributed by atoms with Crippen LogP contribution in [-0.2, 0) is 6.61 Å². The summed E-state index contributed by atoms with van der Waals surface area (Å²) < 4.78 is 11.6. The molecule has 1 N–H and O–H groups in total. The highest BCUT2D eigenvalue weighted by molar-refractivity contribution is 6.30. The molecule has 154 valence electrons. The predicted molar refractivity (Wildman–Crippen MR) is 112 cm³/mol. The van der Waals surface area contributed by atoms with E-state index < -0.39 is 0 Å². The van der Waals surface area contributed by atoms with Crippen molar-refractivity contribution in [3.63, 3.8) is 0 Å². The van der Waals surface area contributed by atoms with E-state index in [4.69, 9.17) is 20.8 Å². The number of hydrogen-bond acceptors (Lipinski definition) is 3. The van der Waals surface area contributed by atoms with Gasteiger partial charge in [0.05, 0.1) is 0 Å². The van der Waals surface area contributed by atoms with E-state index in [0.29, 0.717) is 22.0 Å². The van der Waals surface area contributed by atoms with E-state index in [-0.39, 0.29) is 12.5 Å². The smallest absolute Gasteiger partial charge is 0.287 e. The minimum absolute atomic E-state index is 0.116. The molecule has 2 aromatic rings. The number of ether oxygens (including phenoxy) is 1. The van der Waals surface area contributed by atoms with Gasteiger partial charge in [-0.1, -0.05) is 11.6 Å². The topological polar surface area (TPSA) is 51.5 Å². The minimum atomic E-state index is -0.116. The van der Waals surface area contributed by atoms with Crippen molar-refractivity contribution < 1.29 is 13.9 Å². The van der Waals surface area contributed by atoms with Gasteiger partial charge in [-0.15, -0.1) is 0 Å². The molecule has 1 aromatic carbocycles. The van der Waals surface area contributed by atoms with Crippen molar-refractivity contribution in [3.05, 3.63) is 52.4 Å². The highest BCUT2D eigenvalue weighted by Crippen LogP contribution is 2.59. The number of nitrogens with one attached hydrogen (secondary N) is 1. The van der Waals surface area contributed by atoms with Gasteiger partial charge in [0.1, 0.15) is 18.1 Å². The summed E-state index contributed by atoms with van der Waals surface area (Å²) in [6.07, 6.45) is 8.12. The van der Waals surface area contributed by atoms with Gasteiger partial charge in [0.15, 0.2) is 5.76 Å². The van der Waals surface area contributed by atoms with Crippen LogP contribution in [0.3, 0.4) is 0 Å². The lowest BCUT2D eigenvalue weighted by molar-refractivity contribution is -0.0504. The molecule has 1 amide bonds. The van der Waals surface area contributed by atoms with E-state index >= 15 is 0 Å². The Kier molecular flexibility index (Phi) is 4.85. The van der Waals surface area contributed by atoms with Crippen LogP contribution in [0.2, 0.25) is 5.02 Å². The zero-order chi connectivity index (χ0) is 20.0. The average Bonchev–Trinajstić information content (AvgIpc) is 3.13. The number of carbonyl (C=O) groups is 1. The number of amides is 1. The van der Waals surface area contributed by atoms with Gasteiger partial charge in [0.25, 0.3) is 5.91 Å². The highest BCUT2D eigenvalue weighted by Gasteiger charge is 2.50. The van der Waals surface area contributed by atoms with Gasteiger partial charge in [-0.2, -0.15) is 0 Å². The van der Waals surface area contributed by atoms with E-state index in [2.05, 4.69) is 5.32 Å². The molecule has 0 spiro atoms. The van der Waals surface area contributed by atoms with Crippen LogP contribution in [0.15, 0.2) is 34.7 Å². The normalized spacial score (nSPS) is 29.8. The number of rotatable bonds is 6. The van der Waals surface area contributed by atoms with Crippen LogP contribution in [-0.4, -0.2) is 12.5 Å². The molecule has 4 nitrogen and oxygen atoms in total. The van der Waals surface area contributed by atoms with Gasteiger partial charge in [-0.25, -0.2) is 0 Å². The summed E-state index contributed by atoms with van der Waals surface area (Å²) in [4.78, 5) is 12.7. The second kappa shape index (κ2) is 7.39. The lowest BCUT2D eigenvalue weighted by Crippen LogP contribution is -2.51. The Morgan fingerprint density at radius 2 is 1.83 bits per heavy atom. The van der Waals surface area contributed by atoms with Crippen molar-refractivity contribution >= 4 is 17.5 Å². The first kappa shape index (κ1) is 19.0. The summed E-state index contributed by atoms with van der Waals surface area (Å²) in [6, 6.07) is 9.06. The quantitative estimate of drug-likeness (QED) is 0.654. The van der Waals surface area contributed by atoms with Crippen LogP contribution < -0.4 is 10.1 Å². The first-order chi connectivity index (χ1) is 14.0. The Morgan fingerprint density at radius 1 is 1.14 bits per heavy atom. The second-order valence-corrected chi connectivity index (χ2v) is 10.0. The number of halogens is 1. The molecular weight excluding hydrogens is 386 g/mol. The van der Waals surface area contributed by atoms with Gasteiger partial charge in [0, 0.05) is 11.6 Å². The highest BCUT2D eigenvalue weighted by atomic mass is 35.5. The molecule has 4 saturated carbocycles. The van der Waals surface area contributed by atoms with Crippen LogP contribution >= 0.6 is 11.6 Å². The van der Waals surface area contributed by atoms with Gasteiger partial charge in [0.2, 0.25) is 0 Å². The molecule has 0 atom stereocenters. The van der Waals surface area contributed by atoms with Crippen molar-refractivity contribution in [3.8, 4) is 5.75 Å². The zero-order valence-electron chi connectivity index (χ0n) is 16.9. The van der Waals surface area contributed by atoms with E-state index in [1.807, 2.05) is 25.1 Å². The fourth-order valence-electron chi connectivity index (χ4n) is 6.36. The van der Waals surface area contributed by atoms with Crippen LogP contribution in [0.5, 0.6) is 5.75 Å². The summed E-state index contributed by atoms with van der Waals surface area (Å²) in [5.74, 6) is 4.32. The molecule has 0 radical (unpaired) electrons. The fourth-order valence-corrected chi connectivity index (χ4v) is 6.59. The number of hydrogen-bond donors (Lipinski definition) is 1. The number of aryl methyl sites for hydroxylation is 1. The molecule has 6 rings (SSSR count). The first-order valence-electron chi connectivity index (χ1n) is 10.7. The average molecular weight is 414 g/mol. The molecule has 5 heteroatoms. The summed E-state index contributed by atoms with van der Waals surface area (Å²) in [7, 11) is 0. The van der Waals surface area contributed by atoms with Gasteiger partial charge in [-0.3, -0.25) is 4.79 Å². The lowest BCUT2D eigenvalue weighted by Gasteiger charge is -2.56. The summed E-state index contributed by atoms with van der Waals surface area (Å²) in [5, 5.41) is 3.86. The van der Waals surface area contributed by atoms with E-state index in [0.717, 1.165) is 35.6 Å². The maximum absolute atomic E-state index is 12.7. The van der Waals surface area contributed by atoms with Crippen LogP contribution in [0.25, 0.3) is 0 Å². The van der Waals surface area contributed by atoms with Crippen LogP contribution in [0.1, 0.15) is 60.4 Å². The van der Waals surface area contributed by atoms with Crippen molar-refractivity contribution in [1.82, 2.24) is 5.32 Å². The maximum atomic E-state index is 12.7. The maximum Gasteiger partial charge on any atom is 0.287 e. The van der Waals surface area contributed by atoms with Gasteiger partial charge in [-0.05, 0) is 105 Å². The van der Waals surface area contributed by atoms with E-state index in [1.54, 1.807) is 12.1 Å². The molecule has 0 saturated heterocycles. The standard InChI is InChI=1S/C24H28ClNO3/c1-15-6-19(25)2-4-21(15)28-13-20-3-5-22(29-20)23(27)26-14-24-10-16-7-17(11-24)9-18(8-16)12-24/h2-6,16-18H,7-14H2,1H3,(H,26,27). The lowest BCUT2D eigenvalue weighted by atomic mass is 9.49. The monoisotopic (exact) mass is 413 g/mol. The largest absolute Gasteiger partial charge is 0.485 e. The number of carbonyl (C=O) groups excluding carboxylic acids is 1. The number of benzene rings is 1. The van der Waals surface area contributed by atoms with Crippen molar-refractivity contribution in [2.45, 2.75) is 52.1 Å². The Balaban J connectivity index is 1.17. The first-order valence-corrected chi connectivity index (χ1v) is 11.1. The third-order valence-corrected chi connectivity index (χ3v) is 7.42. The molecule has 4 aliphatic carbocycles. The van der Waals surface area contributed by atoms with Crippen LogP contribution in [0.4, 0.5) is 0 Å². The Labute approximate surface area is 177 Å². The SMILES string of the molecule is Cc1cc(Cl)ccc1OCc1ccc(C(=O)NCC23CC4CC(CC(C4)C2)C3)o1. The molecule has 0 unspecified atom stereocenters. The van der Waals surface area contributed by atoms with Crippen molar-refractivity contribution in [2.75, 3.05) is 6.54 Å². The van der Waals surface area contributed by atoms with Gasteiger partial charge >= 0.3 is 0 Å². The second-order valence-electron chi connectivity index (χ2n) is 9.56. The Bertz CT molecular complexity index is 883. The number of furan rings is 1. The minimum Gasteiger partial charge on any atom is -0.485 e. The molecule has 1 aromatic heterocycles. The summed E-state index contributed by atoms with van der Waals surface area (Å²) in [6.45, 7) is 3.02. The molecule has 0 aliphatic heterocycles. The van der Waals surface area contributed by atoms with Gasteiger partial charge < -0.3 is 14.5 Å². The van der Waals surface area contributed by atoms with E-state index in [1.165, 1.54) is 38.5 Å². The van der Waals surface area contributed by atoms with E-state index in [9.17, 15) is 4.79 Å². The zero-order valence-corrected chi connectivity index (χ0v) is 17.6. The molecule has 29 heavy (non-hydrogen) atoms. The molecule has 4 aliphatic rings.